The van der Waals surface area contributed by atoms with E-state index >= 15 is 0 Å². The molecule has 2 heterocycles. The van der Waals surface area contributed by atoms with Crippen molar-refractivity contribution in [3.05, 3.63) is 67.5 Å². The van der Waals surface area contributed by atoms with Crippen LogP contribution in [0.1, 0.15) is 16.8 Å². The van der Waals surface area contributed by atoms with E-state index in [1.807, 2.05) is 43.3 Å². The van der Waals surface area contributed by atoms with Crippen molar-refractivity contribution in [3.63, 3.8) is 0 Å². The van der Waals surface area contributed by atoms with Gasteiger partial charge in [-0.05, 0) is 49.8 Å². The van der Waals surface area contributed by atoms with Crippen LogP contribution in [0.3, 0.4) is 0 Å². The number of rotatable bonds is 2. The number of pyridine rings is 1. The number of nitrogens with zero attached hydrogens (tertiary/aromatic N) is 3. The summed E-state index contributed by atoms with van der Waals surface area (Å²) >= 11 is 6.69. The molecular formula is C17H14N4OS2. The average molecular weight is 354 g/mol. The van der Waals surface area contributed by atoms with Crippen LogP contribution in [0.4, 0.5) is 5.82 Å². The van der Waals surface area contributed by atoms with Gasteiger partial charge in [0.2, 0.25) is 0 Å². The molecule has 0 fully saturated rings. The maximum Gasteiger partial charge on any atom is 0.274 e. The van der Waals surface area contributed by atoms with E-state index in [2.05, 4.69) is 0 Å². The fourth-order valence-electron chi connectivity index (χ4n) is 2.64. The molecule has 0 saturated heterocycles. The number of nitrogens with two attached hydrogens (primary N) is 1. The van der Waals surface area contributed by atoms with Crippen molar-refractivity contribution in [3.8, 4) is 16.8 Å². The van der Waals surface area contributed by atoms with Crippen LogP contribution in [-0.4, -0.2) is 9.13 Å². The maximum atomic E-state index is 12.7. The highest BCUT2D eigenvalue weighted by Crippen LogP contribution is 2.29. The fourth-order valence-corrected chi connectivity index (χ4v) is 4.05. The van der Waals surface area contributed by atoms with Crippen LogP contribution in [-0.2, 0) is 0 Å². The van der Waals surface area contributed by atoms with Crippen LogP contribution in [0.25, 0.3) is 10.7 Å². The number of para-hydroxylation sites is 1. The highest BCUT2D eigenvalue weighted by atomic mass is 32.1. The molecule has 3 rings (SSSR count). The molecular weight excluding hydrogens is 340 g/mol. The molecule has 0 unspecified atom stereocenters. The van der Waals surface area contributed by atoms with Gasteiger partial charge in [-0.1, -0.05) is 29.5 Å². The van der Waals surface area contributed by atoms with E-state index in [0.29, 0.717) is 26.0 Å². The molecule has 2 aromatic heterocycles. The molecule has 120 valence electrons. The zero-order valence-electron chi connectivity index (χ0n) is 13.1. The minimum atomic E-state index is -0.377. The van der Waals surface area contributed by atoms with Gasteiger partial charge in [0.15, 0.2) is 3.95 Å². The van der Waals surface area contributed by atoms with Crippen molar-refractivity contribution in [2.75, 3.05) is 5.73 Å². The lowest BCUT2D eigenvalue weighted by Gasteiger charge is -2.11. The van der Waals surface area contributed by atoms with Crippen LogP contribution in [0.15, 0.2) is 41.2 Å². The van der Waals surface area contributed by atoms with Crippen LogP contribution < -0.4 is 11.3 Å². The molecule has 0 atom stereocenters. The Morgan fingerprint density at radius 1 is 1.21 bits per heavy atom. The third-order valence-corrected chi connectivity index (χ3v) is 5.12. The highest BCUT2D eigenvalue weighted by Gasteiger charge is 2.18. The van der Waals surface area contributed by atoms with E-state index in [9.17, 15) is 10.1 Å². The SMILES string of the molecule is Cc1cc(C)n(-c2sc(=S)n(-c3ccccc3)c2N)c(=O)c1C#N. The Morgan fingerprint density at radius 2 is 1.88 bits per heavy atom. The molecule has 3 aromatic rings. The Morgan fingerprint density at radius 3 is 2.50 bits per heavy atom. The summed E-state index contributed by atoms with van der Waals surface area (Å²) in [7, 11) is 0. The number of nitriles is 1. The quantitative estimate of drug-likeness (QED) is 0.715. The molecule has 0 aliphatic carbocycles. The lowest BCUT2D eigenvalue weighted by Crippen LogP contribution is -2.24. The monoisotopic (exact) mass is 354 g/mol. The van der Waals surface area contributed by atoms with Crippen molar-refractivity contribution < 1.29 is 0 Å². The smallest absolute Gasteiger partial charge is 0.274 e. The summed E-state index contributed by atoms with van der Waals surface area (Å²) in [5.74, 6) is 0.383. The van der Waals surface area contributed by atoms with Crippen molar-refractivity contribution in [2.45, 2.75) is 13.8 Å². The number of benzene rings is 1. The van der Waals surface area contributed by atoms with Gasteiger partial charge in [0.05, 0.1) is 0 Å². The average Bonchev–Trinajstić information content (AvgIpc) is 2.83. The first-order valence-corrected chi connectivity index (χ1v) is 8.38. The molecule has 0 radical (unpaired) electrons. The standard InChI is InChI=1S/C17H14N4OS2/c1-10-8-11(2)20(15(22)13(10)9-18)16-14(19)21(17(23)24-16)12-6-4-3-5-7-12/h3-8H,19H2,1-2H3. The first kappa shape index (κ1) is 16.2. The Kier molecular flexibility index (Phi) is 4.09. The normalized spacial score (nSPS) is 10.5. The third-order valence-electron chi connectivity index (χ3n) is 3.75. The number of hydrogen-bond acceptors (Lipinski definition) is 5. The predicted molar refractivity (Wildman–Crippen MR) is 98.7 cm³/mol. The van der Waals surface area contributed by atoms with Crippen LogP contribution in [0.5, 0.6) is 0 Å². The molecule has 7 heteroatoms. The van der Waals surface area contributed by atoms with Gasteiger partial charge in [-0.3, -0.25) is 13.9 Å². The van der Waals surface area contributed by atoms with E-state index in [1.165, 1.54) is 15.9 Å². The second-order valence-electron chi connectivity index (χ2n) is 5.33. The largest absolute Gasteiger partial charge is 0.382 e. The highest BCUT2D eigenvalue weighted by molar-refractivity contribution is 7.73. The van der Waals surface area contributed by atoms with E-state index in [-0.39, 0.29) is 11.1 Å². The first-order valence-electron chi connectivity index (χ1n) is 7.16. The van der Waals surface area contributed by atoms with Crippen molar-refractivity contribution >= 4 is 29.4 Å². The lowest BCUT2D eigenvalue weighted by molar-refractivity contribution is 0.929. The summed E-state index contributed by atoms with van der Waals surface area (Å²) < 4.78 is 3.73. The van der Waals surface area contributed by atoms with Gasteiger partial charge < -0.3 is 5.73 Å². The van der Waals surface area contributed by atoms with Crippen LogP contribution in [0.2, 0.25) is 0 Å². The van der Waals surface area contributed by atoms with Crippen molar-refractivity contribution in [1.82, 2.24) is 9.13 Å². The predicted octanol–water partition coefficient (Wildman–Crippen LogP) is 3.49. The Labute approximate surface area is 147 Å². The van der Waals surface area contributed by atoms with E-state index in [1.54, 1.807) is 17.6 Å². The molecule has 0 aliphatic rings. The van der Waals surface area contributed by atoms with Gasteiger partial charge in [-0.15, -0.1) is 0 Å². The summed E-state index contributed by atoms with van der Waals surface area (Å²) in [6.07, 6.45) is 0. The summed E-state index contributed by atoms with van der Waals surface area (Å²) in [5.41, 5.74) is 8.23. The molecule has 5 nitrogen and oxygen atoms in total. The van der Waals surface area contributed by atoms with E-state index in [4.69, 9.17) is 18.0 Å². The number of anilines is 1. The zero-order valence-corrected chi connectivity index (χ0v) is 14.7. The molecule has 0 amide bonds. The van der Waals surface area contributed by atoms with Crippen LogP contribution >= 0.6 is 23.6 Å². The van der Waals surface area contributed by atoms with Gasteiger partial charge in [0, 0.05) is 11.4 Å². The number of aromatic nitrogens is 2. The Hall–Kier alpha value is -2.69. The second-order valence-corrected chi connectivity index (χ2v) is 6.95. The maximum absolute atomic E-state index is 12.7. The molecule has 0 spiro atoms. The van der Waals surface area contributed by atoms with Gasteiger partial charge in [0.1, 0.15) is 22.5 Å². The van der Waals surface area contributed by atoms with E-state index < -0.39 is 0 Å². The van der Waals surface area contributed by atoms with Gasteiger partial charge in [-0.2, -0.15) is 5.26 Å². The second kappa shape index (κ2) is 6.07. The summed E-state index contributed by atoms with van der Waals surface area (Å²) in [6.45, 7) is 3.56. The zero-order chi connectivity index (χ0) is 17.4. The van der Waals surface area contributed by atoms with Gasteiger partial charge in [-0.25, -0.2) is 0 Å². The summed E-state index contributed by atoms with van der Waals surface area (Å²) in [5, 5.41) is 9.78. The number of thiazole rings is 1. The lowest BCUT2D eigenvalue weighted by atomic mass is 10.1. The molecule has 2 N–H and O–H groups in total. The minimum absolute atomic E-state index is 0.116. The molecule has 0 aliphatic heterocycles. The third kappa shape index (κ3) is 2.46. The number of nitrogen functional groups attached to an aromatic ring is 1. The van der Waals surface area contributed by atoms with Crippen molar-refractivity contribution in [1.29, 1.82) is 5.26 Å². The molecule has 24 heavy (non-hydrogen) atoms. The van der Waals surface area contributed by atoms with E-state index in [0.717, 1.165) is 5.69 Å². The van der Waals surface area contributed by atoms with Gasteiger partial charge >= 0.3 is 0 Å². The molecule has 0 saturated carbocycles. The summed E-state index contributed by atoms with van der Waals surface area (Å²) in [4.78, 5) is 12.7. The fraction of sp³-hybridized carbons (Fsp3) is 0.118. The number of aryl methyl sites for hydroxylation is 2. The Bertz CT molecular complexity index is 1080. The summed E-state index contributed by atoms with van der Waals surface area (Å²) in [6, 6.07) is 13.3. The first-order chi connectivity index (χ1) is 11.5. The van der Waals surface area contributed by atoms with Crippen molar-refractivity contribution in [2.24, 2.45) is 0 Å². The molecule has 1 aromatic carbocycles. The molecule has 0 bridgehead atoms. The Balaban J connectivity index is 2.34. The number of hydrogen-bond donors (Lipinski definition) is 1. The topological polar surface area (TPSA) is 76.7 Å². The van der Waals surface area contributed by atoms with Gasteiger partial charge in [0.25, 0.3) is 5.56 Å². The minimum Gasteiger partial charge on any atom is -0.382 e. The van der Waals surface area contributed by atoms with Crippen LogP contribution in [0, 0.1) is 29.1 Å².